The molecule has 2 atom stereocenters. The van der Waals surface area contributed by atoms with Crippen molar-refractivity contribution in [2.45, 2.75) is 31.8 Å². The van der Waals surface area contributed by atoms with Gasteiger partial charge in [0.2, 0.25) is 11.8 Å². The Morgan fingerprint density at radius 3 is 2.32 bits per heavy atom. The third-order valence-electron chi connectivity index (χ3n) is 7.11. The van der Waals surface area contributed by atoms with Crippen LogP contribution in [-0.2, 0) is 27.2 Å². The molecule has 0 radical (unpaired) electrons. The van der Waals surface area contributed by atoms with E-state index in [4.69, 9.17) is 0 Å². The van der Waals surface area contributed by atoms with Gasteiger partial charge in [0.1, 0.15) is 6.04 Å². The van der Waals surface area contributed by atoms with E-state index in [2.05, 4.69) is 20.9 Å². The summed E-state index contributed by atoms with van der Waals surface area (Å²) >= 11 is 1.35. The highest BCUT2D eigenvalue weighted by Gasteiger charge is 2.26. The Labute approximate surface area is 259 Å². The fourth-order valence-corrected chi connectivity index (χ4v) is 5.70. The van der Waals surface area contributed by atoms with E-state index in [0.29, 0.717) is 4.88 Å². The molecule has 0 aliphatic carbocycles. The largest absolute Gasteiger partial charge is 0.349 e. The number of carbonyl (C=O) groups is 4. The van der Waals surface area contributed by atoms with Crippen molar-refractivity contribution in [1.29, 1.82) is 0 Å². The van der Waals surface area contributed by atoms with Gasteiger partial charge in [-0.3, -0.25) is 24.2 Å². The molecule has 0 fully saturated rings. The first-order valence-electron chi connectivity index (χ1n) is 14.3. The lowest BCUT2D eigenvalue weighted by molar-refractivity contribution is -0.129. The zero-order chi connectivity index (χ0) is 30.9. The van der Waals surface area contributed by atoms with Gasteiger partial charge in [0.25, 0.3) is 5.91 Å². The summed E-state index contributed by atoms with van der Waals surface area (Å²) in [5.74, 6) is -1.52. The fraction of sp³-hybridized carbons (Fsp3) is 0.171. The van der Waals surface area contributed by atoms with Crippen LogP contribution in [0.25, 0.3) is 21.3 Å². The van der Waals surface area contributed by atoms with Crippen LogP contribution in [0.2, 0.25) is 0 Å². The molecule has 44 heavy (non-hydrogen) atoms. The van der Waals surface area contributed by atoms with Crippen molar-refractivity contribution in [3.05, 3.63) is 125 Å². The van der Waals surface area contributed by atoms with Gasteiger partial charge >= 0.3 is 0 Å². The quantitative estimate of drug-likeness (QED) is 0.190. The van der Waals surface area contributed by atoms with Gasteiger partial charge in [-0.05, 0) is 53.8 Å². The molecule has 2 aromatic heterocycles. The molecule has 222 valence electrons. The average molecular weight is 605 g/mol. The Kier molecular flexibility index (Phi) is 9.89. The van der Waals surface area contributed by atoms with Crippen LogP contribution < -0.4 is 16.0 Å². The van der Waals surface area contributed by atoms with E-state index in [1.165, 1.54) is 11.3 Å². The number of pyridine rings is 1. The van der Waals surface area contributed by atoms with E-state index in [0.717, 1.165) is 32.5 Å². The van der Waals surface area contributed by atoms with E-state index >= 15 is 0 Å². The monoisotopic (exact) mass is 604 g/mol. The number of nitrogens with zero attached hydrogens (tertiary/aromatic N) is 1. The molecule has 2 heterocycles. The van der Waals surface area contributed by atoms with Crippen LogP contribution in [0, 0.1) is 0 Å². The van der Waals surface area contributed by atoms with Gasteiger partial charge in [0.05, 0.1) is 29.6 Å². The summed E-state index contributed by atoms with van der Waals surface area (Å²) in [5, 5.41) is 9.19. The molecule has 0 aliphatic heterocycles. The highest BCUT2D eigenvalue weighted by molar-refractivity contribution is 7.20. The SMILES string of the molecule is CC(NC(=O)[C@H](Cc1ccccc1)NC(=O)c1cc2ccccc2s1)C(=O)CNC(=O)Cc1cccc(-c2ccccn2)c1. The Morgan fingerprint density at radius 2 is 1.55 bits per heavy atom. The Hall–Kier alpha value is -5.15. The highest BCUT2D eigenvalue weighted by atomic mass is 32.1. The standard InChI is InChI=1S/C35H32N4O4S/c1-23(30(40)22-37-33(41)20-25-12-9-14-26(18-25)28-15-7-8-17-36-28)38-34(42)29(19-24-10-3-2-4-11-24)39-35(43)32-21-27-13-5-6-16-31(27)44-32/h2-18,21,23,29H,19-20,22H2,1H3,(H,37,41)(H,38,42)(H,39,43)/t23?,29-/m0/s1. The fourth-order valence-electron chi connectivity index (χ4n) is 4.74. The van der Waals surface area contributed by atoms with Gasteiger partial charge in [-0.2, -0.15) is 0 Å². The topological polar surface area (TPSA) is 117 Å². The second-order valence-electron chi connectivity index (χ2n) is 10.4. The van der Waals surface area contributed by atoms with Crippen molar-refractivity contribution in [3.8, 4) is 11.3 Å². The lowest BCUT2D eigenvalue weighted by Gasteiger charge is -2.21. The molecule has 0 aliphatic rings. The van der Waals surface area contributed by atoms with E-state index < -0.39 is 18.0 Å². The van der Waals surface area contributed by atoms with Gasteiger partial charge in [0.15, 0.2) is 5.78 Å². The molecule has 0 spiro atoms. The van der Waals surface area contributed by atoms with Crippen LogP contribution >= 0.6 is 11.3 Å². The first-order chi connectivity index (χ1) is 21.4. The van der Waals surface area contributed by atoms with Gasteiger partial charge in [-0.15, -0.1) is 11.3 Å². The van der Waals surface area contributed by atoms with Crippen LogP contribution in [0.4, 0.5) is 0 Å². The minimum absolute atomic E-state index is 0.0948. The van der Waals surface area contributed by atoms with Crippen molar-refractivity contribution in [1.82, 2.24) is 20.9 Å². The normalized spacial score (nSPS) is 12.2. The summed E-state index contributed by atoms with van der Waals surface area (Å²) in [6.07, 6.45) is 2.06. The second-order valence-corrected chi connectivity index (χ2v) is 11.5. The summed E-state index contributed by atoms with van der Waals surface area (Å²) in [7, 11) is 0. The molecule has 3 N–H and O–H groups in total. The summed E-state index contributed by atoms with van der Waals surface area (Å²) in [5.41, 5.74) is 3.35. The molecule has 9 heteroatoms. The molecule has 5 aromatic rings. The van der Waals surface area contributed by atoms with Gasteiger partial charge < -0.3 is 16.0 Å². The number of nitrogens with one attached hydrogen (secondary N) is 3. The number of thiophene rings is 1. The van der Waals surface area contributed by atoms with E-state index in [-0.39, 0.29) is 37.0 Å². The minimum atomic E-state index is -0.911. The Bertz CT molecular complexity index is 1740. The Morgan fingerprint density at radius 1 is 0.795 bits per heavy atom. The predicted molar refractivity (Wildman–Crippen MR) is 172 cm³/mol. The van der Waals surface area contributed by atoms with Crippen LogP contribution in [-0.4, -0.2) is 47.1 Å². The molecule has 0 saturated heterocycles. The van der Waals surface area contributed by atoms with E-state index in [9.17, 15) is 19.2 Å². The number of Topliss-reactive ketones (excluding diaryl/α,β-unsaturated/α-hetero) is 1. The van der Waals surface area contributed by atoms with Crippen LogP contribution in [0.5, 0.6) is 0 Å². The van der Waals surface area contributed by atoms with Crippen LogP contribution in [0.1, 0.15) is 27.7 Å². The zero-order valence-electron chi connectivity index (χ0n) is 24.2. The lowest BCUT2D eigenvalue weighted by Crippen LogP contribution is -2.52. The zero-order valence-corrected chi connectivity index (χ0v) is 25.0. The summed E-state index contributed by atoms with van der Waals surface area (Å²) in [6, 6.07) is 30.2. The van der Waals surface area contributed by atoms with Crippen LogP contribution in [0.3, 0.4) is 0 Å². The average Bonchev–Trinajstić information content (AvgIpc) is 3.49. The number of carbonyl (C=O) groups excluding carboxylic acids is 4. The van der Waals surface area contributed by atoms with Gasteiger partial charge in [-0.1, -0.05) is 72.8 Å². The number of fused-ring (bicyclic) bond motifs is 1. The van der Waals surface area contributed by atoms with Crippen molar-refractivity contribution in [2.75, 3.05) is 6.54 Å². The molecular weight excluding hydrogens is 572 g/mol. The van der Waals surface area contributed by atoms with E-state index in [1.807, 2.05) is 97.1 Å². The molecule has 1 unspecified atom stereocenters. The lowest BCUT2D eigenvalue weighted by atomic mass is 10.0. The van der Waals surface area contributed by atoms with Gasteiger partial charge in [0, 0.05) is 22.9 Å². The smallest absolute Gasteiger partial charge is 0.262 e. The van der Waals surface area contributed by atoms with Crippen LogP contribution in [0.15, 0.2) is 109 Å². The molecule has 8 nitrogen and oxygen atoms in total. The number of amides is 3. The molecule has 5 rings (SSSR count). The number of hydrogen-bond acceptors (Lipinski definition) is 6. The maximum atomic E-state index is 13.4. The number of benzene rings is 3. The number of aromatic nitrogens is 1. The number of rotatable bonds is 12. The molecule has 3 amide bonds. The second kappa shape index (κ2) is 14.3. The minimum Gasteiger partial charge on any atom is -0.349 e. The maximum absolute atomic E-state index is 13.4. The van der Waals surface area contributed by atoms with E-state index in [1.54, 1.807) is 19.2 Å². The van der Waals surface area contributed by atoms with Crippen molar-refractivity contribution in [3.63, 3.8) is 0 Å². The number of ketones is 1. The summed E-state index contributed by atoms with van der Waals surface area (Å²) < 4.78 is 0.976. The third kappa shape index (κ3) is 8.02. The Balaban J connectivity index is 1.17. The number of hydrogen-bond donors (Lipinski definition) is 3. The predicted octanol–water partition coefficient (Wildman–Crippen LogP) is 4.74. The molecule has 0 bridgehead atoms. The first-order valence-corrected chi connectivity index (χ1v) is 15.1. The van der Waals surface area contributed by atoms with Crippen molar-refractivity contribution in [2.24, 2.45) is 0 Å². The molecule has 3 aromatic carbocycles. The van der Waals surface area contributed by atoms with Crippen molar-refractivity contribution < 1.29 is 19.2 Å². The maximum Gasteiger partial charge on any atom is 0.262 e. The van der Waals surface area contributed by atoms with Crippen molar-refractivity contribution >= 4 is 44.9 Å². The van der Waals surface area contributed by atoms with Gasteiger partial charge in [-0.25, -0.2) is 0 Å². The highest BCUT2D eigenvalue weighted by Crippen LogP contribution is 2.25. The third-order valence-corrected chi connectivity index (χ3v) is 8.22. The molecular formula is C35H32N4O4S. The summed E-state index contributed by atoms with van der Waals surface area (Å²) in [6.45, 7) is 1.33. The summed E-state index contributed by atoms with van der Waals surface area (Å²) in [4.78, 5) is 56.9. The molecule has 0 saturated carbocycles. The first kappa shape index (κ1) is 30.3.